The molecule has 0 aliphatic carbocycles. The number of benzene rings is 1. The van der Waals surface area contributed by atoms with Gasteiger partial charge in [0.25, 0.3) is 5.91 Å². The maximum absolute atomic E-state index is 11.8. The van der Waals surface area contributed by atoms with Crippen LogP contribution in [0.2, 0.25) is 0 Å². The van der Waals surface area contributed by atoms with Crippen LogP contribution in [-0.2, 0) is 9.53 Å². The van der Waals surface area contributed by atoms with Gasteiger partial charge in [0, 0.05) is 35.7 Å². The van der Waals surface area contributed by atoms with Crippen LogP contribution in [0.4, 0.5) is 0 Å². The zero-order valence-corrected chi connectivity index (χ0v) is 13.9. The third kappa shape index (κ3) is 4.53. The third-order valence-electron chi connectivity index (χ3n) is 3.68. The van der Waals surface area contributed by atoms with Crippen LogP contribution in [0.25, 0.3) is 10.6 Å². The summed E-state index contributed by atoms with van der Waals surface area (Å²) in [7, 11) is 0. The Kier molecular flexibility index (Phi) is 5.25. The molecule has 1 aromatic heterocycles. The summed E-state index contributed by atoms with van der Waals surface area (Å²) in [6.07, 6.45) is 1.01. The second kappa shape index (κ2) is 7.57. The van der Waals surface area contributed by atoms with Crippen LogP contribution in [0.3, 0.4) is 0 Å². The van der Waals surface area contributed by atoms with Crippen molar-refractivity contribution >= 4 is 17.2 Å². The van der Waals surface area contributed by atoms with Crippen LogP contribution in [0.1, 0.15) is 12.1 Å². The van der Waals surface area contributed by atoms with Crippen molar-refractivity contribution in [3.63, 3.8) is 0 Å². The quantitative estimate of drug-likeness (QED) is 0.883. The summed E-state index contributed by atoms with van der Waals surface area (Å²) < 4.78 is 10.9. The number of nitrogens with one attached hydrogen (secondary N) is 1. The van der Waals surface area contributed by atoms with Crippen molar-refractivity contribution in [1.29, 1.82) is 0 Å². The van der Waals surface area contributed by atoms with E-state index in [0.29, 0.717) is 18.2 Å². The molecule has 5 nitrogen and oxygen atoms in total. The minimum absolute atomic E-state index is 0.0218. The maximum atomic E-state index is 11.8. The molecule has 1 aromatic carbocycles. The van der Waals surface area contributed by atoms with E-state index in [1.807, 2.05) is 36.6 Å². The van der Waals surface area contributed by atoms with Crippen LogP contribution in [0.15, 0.2) is 29.6 Å². The normalized spacial score (nSPS) is 17.2. The van der Waals surface area contributed by atoms with E-state index in [-0.39, 0.29) is 12.5 Å². The average molecular weight is 332 g/mol. The van der Waals surface area contributed by atoms with Crippen molar-refractivity contribution < 1.29 is 14.3 Å². The van der Waals surface area contributed by atoms with Gasteiger partial charge in [0.05, 0.1) is 6.61 Å². The second-order valence-electron chi connectivity index (χ2n) is 5.64. The number of thiazole rings is 1. The van der Waals surface area contributed by atoms with Gasteiger partial charge in [-0.2, -0.15) is 0 Å². The minimum atomic E-state index is -0.104. The van der Waals surface area contributed by atoms with E-state index in [9.17, 15) is 4.79 Å². The van der Waals surface area contributed by atoms with Crippen molar-refractivity contribution in [2.45, 2.75) is 13.3 Å². The number of hydrogen-bond acceptors (Lipinski definition) is 5. The molecule has 1 atom stereocenters. The molecular weight excluding hydrogens is 312 g/mol. The number of rotatable bonds is 6. The first-order valence-electron chi connectivity index (χ1n) is 7.70. The number of ether oxygens (including phenoxy) is 2. The van der Waals surface area contributed by atoms with E-state index >= 15 is 0 Å². The van der Waals surface area contributed by atoms with Crippen LogP contribution in [-0.4, -0.2) is 37.3 Å². The number of aryl methyl sites for hydroxylation is 1. The molecular formula is C17H20N2O3S. The average Bonchev–Trinajstić information content (AvgIpc) is 3.23. The van der Waals surface area contributed by atoms with Gasteiger partial charge in [-0.3, -0.25) is 4.79 Å². The SMILES string of the molecule is Cc1csc(-c2cccc(OCC(=O)NCC3CCOC3)c2)n1. The van der Waals surface area contributed by atoms with Crippen LogP contribution >= 0.6 is 11.3 Å². The van der Waals surface area contributed by atoms with Crippen LogP contribution in [0, 0.1) is 12.8 Å². The highest BCUT2D eigenvalue weighted by Gasteiger charge is 2.16. The van der Waals surface area contributed by atoms with Gasteiger partial charge in [0.1, 0.15) is 10.8 Å². The Morgan fingerprint density at radius 1 is 1.52 bits per heavy atom. The first kappa shape index (κ1) is 16.0. The Labute approximate surface area is 139 Å². The summed E-state index contributed by atoms with van der Waals surface area (Å²) in [5.41, 5.74) is 2.01. The Hall–Kier alpha value is -1.92. The van der Waals surface area contributed by atoms with Crippen LogP contribution < -0.4 is 10.1 Å². The van der Waals surface area contributed by atoms with E-state index in [1.165, 1.54) is 0 Å². The number of amides is 1. The highest BCUT2D eigenvalue weighted by atomic mass is 32.1. The van der Waals surface area contributed by atoms with Gasteiger partial charge in [-0.25, -0.2) is 4.98 Å². The Bertz CT molecular complexity index is 665. The van der Waals surface area contributed by atoms with Gasteiger partial charge in [0.2, 0.25) is 0 Å². The Morgan fingerprint density at radius 3 is 3.17 bits per heavy atom. The van der Waals surface area contributed by atoms with E-state index in [0.717, 1.165) is 35.9 Å². The first-order valence-corrected chi connectivity index (χ1v) is 8.58. The van der Waals surface area contributed by atoms with E-state index in [2.05, 4.69) is 10.3 Å². The monoisotopic (exact) mass is 332 g/mol. The summed E-state index contributed by atoms with van der Waals surface area (Å²) in [5.74, 6) is 0.998. The van der Waals surface area contributed by atoms with Crippen molar-refractivity contribution in [3.05, 3.63) is 35.3 Å². The van der Waals surface area contributed by atoms with Crippen molar-refractivity contribution in [3.8, 4) is 16.3 Å². The second-order valence-corrected chi connectivity index (χ2v) is 6.50. The number of carbonyl (C=O) groups excluding carboxylic acids is 1. The Morgan fingerprint density at radius 2 is 2.43 bits per heavy atom. The van der Waals surface area contributed by atoms with Gasteiger partial charge < -0.3 is 14.8 Å². The van der Waals surface area contributed by atoms with Gasteiger partial charge in [-0.1, -0.05) is 12.1 Å². The van der Waals surface area contributed by atoms with Gasteiger partial charge in [-0.15, -0.1) is 11.3 Å². The maximum Gasteiger partial charge on any atom is 0.257 e. The third-order valence-corrected chi connectivity index (χ3v) is 4.69. The minimum Gasteiger partial charge on any atom is -0.484 e. The number of carbonyl (C=O) groups is 1. The zero-order chi connectivity index (χ0) is 16.1. The largest absolute Gasteiger partial charge is 0.484 e. The highest BCUT2D eigenvalue weighted by Crippen LogP contribution is 2.26. The lowest BCUT2D eigenvalue weighted by atomic mass is 10.1. The smallest absolute Gasteiger partial charge is 0.257 e. The fourth-order valence-corrected chi connectivity index (χ4v) is 3.20. The standard InChI is InChI=1S/C17H20N2O3S/c1-12-11-23-17(19-12)14-3-2-4-15(7-14)22-10-16(20)18-8-13-5-6-21-9-13/h2-4,7,11,13H,5-6,8-10H2,1H3,(H,18,20). The predicted octanol–water partition coefficient (Wildman–Crippen LogP) is 2.65. The van der Waals surface area contributed by atoms with Gasteiger partial charge in [-0.05, 0) is 25.5 Å². The van der Waals surface area contributed by atoms with Crippen molar-refractivity contribution in [1.82, 2.24) is 10.3 Å². The molecule has 1 aliphatic rings. The lowest BCUT2D eigenvalue weighted by molar-refractivity contribution is -0.123. The van der Waals surface area contributed by atoms with Crippen molar-refractivity contribution in [2.75, 3.05) is 26.4 Å². The molecule has 6 heteroatoms. The summed E-state index contributed by atoms with van der Waals surface area (Å²) in [4.78, 5) is 16.3. The number of nitrogens with zero attached hydrogens (tertiary/aromatic N) is 1. The molecule has 1 amide bonds. The predicted molar refractivity (Wildman–Crippen MR) is 89.7 cm³/mol. The molecule has 1 unspecified atom stereocenters. The number of hydrogen-bond donors (Lipinski definition) is 1. The first-order chi connectivity index (χ1) is 11.2. The number of aromatic nitrogens is 1. The van der Waals surface area contributed by atoms with Crippen molar-refractivity contribution in [2.24, 2.45) is 5.92 Å². The summed E-state index contributed by atoms with van der Waals surface area (Å²) >= 11 is 1.60. The molecule has 0 bridgehead atoms. The molecule has 1 saturated heterocycles. The molecule has 1 N–H and O–H groups in total. The molecule has 0 radical (unpaired) electrons. The molecule has 0 spiro atoms. The van der Waals surface area contributed by atoms with Crippen LogP contribution in [0.5, 0.6) is 5.75 Å². The lowest BCUT2D eigenvalue weighted by Crippen LogP contribution is -2.33. The van der Waals surface area contributed by atoms with Gasteiger partial charge >= 0.3 is 0 Å². The summed E-state index contributed by atoms with van der Waals surface area (Å²) in [5, 5.41) is 5.86. The molecule has 1 aliphatic heterocycles. The molecule has 23 heavy (non-hydrogen) atoms. The lowest BCUT2D eigenvalue weighted by Gasteiger charge is -2.10. The van der Waals surface area contributed by atoms with E-state index < -0.39 is 0 Å². The molecule has 122 valence electrons. The topological polar surface area (TPSA) is 60.5 Å². The van der Waals surface area contributed by atoms with E-state index in [4.69, 9.17) is 9.47 Å². The zero-order valence-electron chi connectivity index (χ0n) is 13.1. The molecule has 2 heterocycles. The van der Waals surface area contributed by atoms with Gasteiger partial charge in [0.15, 0.2) is 6.61 Å². The highest BCUT2D eigenvalue weighted by molar-refractivity contribution is 7.13. The van der Waals surface area contributed by atoms with E-state index in [1.54, 1.807) is 11.3 Å². The fraction of sp³-hybridized carbons (Fsp3) is 0.412. The Balaban J connectivity index is 1.50. The molecule has 3 rings (SSSR count). The fourth-order valence-electron chi connectivity index (χ4n) is 2.41. The molecule has 1 fully saturated rings. The summed E-state index contributed by atoms with van der Waals surface area (Å²) in [6.45, 7) is 4.17. The molecule has 0 saturated carbocycles. The molecule has 2 aromatic rings. The summed E-state index contributed by atoms with van der Waals surface area (Å²) in [6, 6.07) is 7.67.